The zero-order valence-corrected chi connectivity index (χ0v) is 13.9. The van der Waals surface area contributed by atoms with Crippen LogP contribution in [-0.2, 0) is 4.79 Å². The van der Waals surface area contributed by atoms with E-state index in [1.807, 2.05) is 19.1 Å². The van der Waals surface area contributed by atoms with Crippen LogP contribution in [0, 0.1) is 0 Å². The maximum atomic E-state index is 12.2. The predicted molar refractivity (Wildman–Crippen MR) is 95.4 cm³/mol. The fraction of sp³-hybridized carbons (Fsp3) is 0.158. The predicted octanol–water partition coefficient (Wildman–Crippen LogP) is 3.85. The smallest absolute Gasteiger partial charge is 0.221 e. The van der Waals surface area contributed by atoms with Gasteiger partial charge in [-0.1, -0.05) is 0 Å². The van der Waals surface area contributed by atoms with Crippen molar-refractivity contribution in [1.29, 1.82) is 0 Å². The number of hydrogen-bond donors (Lipinski definition) is 2. The number of hydrogen-bond acceptors (Lipinski definition) is 4. The molecule has 5 heteroatoms. The van der Waals surface area contributed by atoms with Crippen LogP contribution in [-0.4, -0.2) is 18.8 Å². The van der Waals surface area contributed by atoms with Gasteiger partial charge in [0.2, 0.25) is 5.91 Å². The van der Waals surface area contributed by atoms with Crippen LogP contribution in [0.15, 0.2) is 60.3 Å². The lowest BCUT2D eigenvalue weighted by molar-refractivity contribution is -0.114. The van der Waals surface area contributed by atoms with Gasteiger partial charge in [0, 0.05) is 35.6 Å². The minimum atomic E-state index is -0.114. The highest BCUT2D eigenvalue weighted by atomic mass is 16.5. The Kier molecular flexibility index (Phi) is 5.73. The molecule has 0 radical (unpaired) electrons. The van der Waals surface area contributed by atoms with Crippen LogP contribution < -0.4 is 15.4 Å². The number of amides is 1. The maximum Gasteiger partial charge on any atom is 0.221 e. The fourth-order valence-electron chi connectivity index (χ4n) is 2.14. The molecule has 0 aliphatic heterocycles. The first-order chi connectivity index (χ1) is 11.5. The Bertz CT molecular complexity index is 747. The van der Waals surface area contributed by atoms with Crippen molar-refractivity contribution < 1.29 is 14.3 Å². The molecule has 2 N–H and O–H groups in total. The van der Waals surface area contributed by atoms with Gasteiger partial charge in [-0.25, -0.2) is 0 Å². The number of ketones is 1. The van der Waals surface area contributed by atoms with Gasteiger partial charge in [0.05, 0.1) is 7.11 Å². The van der Waals surface area contributed by atoms with Crippen LogP contribution in [0.5, 0.6) is 5.75 Å². The Morgan fingerprint density at radius 1 is 0.875 bits per heavy atom. The van der Waals surface area contributed by atoms with Crippen molar-refractivity contribution in [2.45, 2.75) is 13.8 Å². The molecule has 2 aromatic rings. The summed E-state index contributed by atoms with van der Waals surface area (Å²) in [6, 6.07) is 14.2. The Morgan fingerprint density at radius 3 is 1.92 bits per heavy atom. The van der Waals surface area contributed by atoms with Crippen LogP contribution in [0.1, 0.15) is 24.2 Å². The van der Waals surface area contributed by atoms with E-state index in [-0.39, 0.29) is 11.7 Å². The quantitative estimate of drug-likeness (QED) is 0.625. The van der Waals surface area contributed by atoms with E-state index in [0.29, 0.717) is 11.3 Å². The standard InChI is InChI=1S/C19H20N2O3/c1-13(12-19(23)15-4-10-18(24-3)11-5-15)20-16-6-8-17(9-7-16)21-14(2)22/h4-12,20H,1-3H3,(H,21,22)/b13-12+. The SMILES string of the molecule is COc1ccc(C(=O)/C=C(\C)Nc2ccc(NC(C)=O)cc2)cc1. The number of methoxy groups -OCH3 is 1. The first-order valence-electron chi connectivity index (χ1n) is 7.49. The number of nitrogens with one attached hydrogen (secondary N) is 2. The molecule has 1 amide bonds. The summed E-state index contributed by atoms with van der Waals surface area (Å²) < 4.78 is 5.08. The van der Waals surface area contributed by atoms with Gasteiger partial charge >= 0.3 is 0 Å². The van der Waals surface area contributed by atoms with Gasteiger partial charge in [-0.2, -0.15) is 0 Å². The molecule has 0 aliphatic carbocycles. The summed E-state index contributed by atoms with van der Waals surface area (Å²) in [5, 5.41) is 5.85. The Labute approximate surface area is 141 Å². The second kappa shape index (κ2) is 7.97. The number of allylic oxidation sites excluding steroid dienone is 2. The summed E-state index contributed by atoms with van der Waals surface area (Å²) in [4.78, 5) is 23.2. The Morgan fingerprint density at radius 2 is 1.42 bits per heavy atom. The molecular weight excluding hydrogens is 304 g/mol. The third kappa shape index (κ3) is 4.98. The van der Waals surface area contributed by atoms with E-state index < -0.39 is 0 Å². The number of carbonyl (C=O) groups excluding carboxylic acids is 2. The van der Waals surface area contributed by atoms with E-state index in [2.05, 4.69) is 10.6 Å². The topological polar surface area (TPSA) is 67.4 Å². The van der Waals surface area contributed by atoms with E-state index in [1.54, 1.807) is 49.6 Å². The Balaban J connectivity index is 2.02. The molecule has 0 saturated heterocycles. The van der Waals surface area contributed by atoms with Crippen molar-refractivity contribution >= 4 is 23.1 Å². The molecular formula is C19H20N2O3. The maximum absolute atomic E-state index is 12.2. The molecule has 124 valence electrons. The zero-order valence-electron chi connectivity index (χ0n) is 13.9. The van der Waals surface area contributed by atoms with Crippen molar-refractivity contribution in [3.63, 3.8) is 0 Å². The molecule has 24 heavy (non-hydrogen) atoms. The zero-order chi connectivity index (χ0) is 17.5. The number of carbonyl (C=O) groups is 2. The lowest BCUT2D eigenvalue weighted by Gasteiger charge is -2.08. The monoisotopic (exact) mass is 324 g/mol. The van der Waals surface area contributed by atoms with Crippen molar-refractivity contribution in [3.05, 3.63) is 65.9 Å². The van der Waals surface area contributed by atoms with E-state index in [9.17, 15) is 9.59 Å². The second-order valence-corrected chi connectivity index (χ2v) is 5.30. The molecule has 0 bridgehead atoms. The van der Waals surface area contributed by atoms with Crippen LogP contribution >= 0.6 is 0 Å². The first kappa shape index (κ1) is 17.3. The average molecular weight is 324 g/mol. The van der Waals surface area contributed by atoms with Gasteiger partial charge < -0.3 is 15.4 Å². The molecule has 0 saturated carbocycles. The minimum absolute atomic E-state index is 0.0856. The van der Waals surface area contributed by atoms with Gasteiger partial charge in [-0.15, -0.1) is 0 Å². The number of benzene rings is 2. The van der Waals surface area contributed by atoms with Crippen molar-refractivity contribution in [1.82, 2.24) is 0 Å². The summed E-state index contributed by atoms with van der Waals surface area (Å²) in [5.41, 5.74) is 2.88. The van der Waals surface area contributed by atoms with Gasteiger partial charge in [0.1, 0.15) is 5.75 Å². The van der Waals surface area contributed by atoms with Crippen LogP contribution in [0.3, 0.4) is 0 Å². The first-order valence-corrected chi connectivity index (χ1v) is 7.49. The summed E-state index contributed by atoms with van der Waals surface area (Å²) >= 11 is 0. The van der Waals surface area contributed by atoms with Crippen LogP contribution in [0.2, 0.25) is 0 Å². The molecule has 0 aromatic heterocycles. The third-order valence-electron chi connectivity index (χ3n) is 3.27. The van der Waals surface area contributed by atoms with Crippen LogP contribution in [0.25, 0.3) is 0 Å². The van der Waals surface area contributed by atoms with Gasteiger partial charge in [0.25, 0.3) is 0 Å². The largest absolute Gasteiger partial charge is 0.497 e. The van der Waals surface area contributed by atoms with Crippen molar-refractivity contribution in [2.75, 3.05) is 17.7 Å². The summed E-state index contributed by atoms with van der Waals surface area (Å²) in [7, 11) is 1.59. The van der Waals surface area contributed by atoms with E-state index in [4.69, 9.17) is 4.74 Å². The molecule has 0 atom stereocenters. The Hall–Kier alpha value is -3.08. The molecule has 0 aliphatic rings. The highest BCUT2D eigenvalue weighted by molar-refractivity contribution is 6.05. The van der Waals surface area contributed by atoms with E-state index >= 15 is 0 Å². The molecule has 0 fully saturated rings. The lowest BCUT2D eigenvalue weighted by atomic mass is 10.1. The lowest BCUT2D eigenvalue weighted by Crippen LogP contribution is -2.05. The molecule has 0 unspecified atom stereocenters. The fourth-order valence-corrected chi connectivity index (χ4v) is 2.14. The average Bonchev–Trinajstić information content (AvgIpc) is 2.56. The normalized spacial score (nSPS) is 10.9. The van der Waals surface area contributed by atoms with Gasteiger partial charge in [-0.3, -0.25) is 9.59 Å². The number of anilines is 2. The third-order valence-corrected chi connectivity index (χ3v) is 3.27. The molecule has 0 spiro atoms. The van der Waals surface area contributed by atoms with Crippen molar-refractivity contribution in [2.24, 2.45) is 0 Å². The molecule has 2 rings (SSSR count). The highest BCUT2D eigenvalue weighted by Crippen LogP contribution is 2.16. The highest BCUT2D eigenvalue weighted by Gasteiger charge is 2.04. The summed E-state index contributed by atoms with van der Waals surface area (Å²) in [6.07, 6.45) is 1.55. The minimum Gasteiger partial charge on any atom is -0.497 e. The van der Waals surface area contributed by atoms with E-state index in [1.165, 1.54) is 6.92 Å². The van der Waals surface area contributed by atoms with Gasteiger partial charge in [0.15, 0.2) is 5.78 Å². The van der Waals surface area contributed by atoms with Crippen molar-refractivity contribution in [3.8, 4) is 5.75 Å². The molecule has 5 nitrogen and oxygen atoms in total. The number of rotatable bonds is 6. The molecule has 2 aromatic carbocycles. The van der Waals surface area contributed by atoms with E-state index in [0.717, 1.165) is 17.1 Å². The summed E-state index contributed by atoms with van der Waals surface area (Å²) in [5.74, 6) is 0.513. The van der Waals surface area contributed by atoms with Gasteiger partial charge in [-0.05, 0) is 55.5 Å². The van der Waals surface area contributed by atoms with Crippen LogP contribution in [0.4, 0.5) is 11.4 Å². The number of ether oxygens (including phenoxy) is 1. The second-order valence-electron chi connectivity index (χ2n) is 5.30. The summed E-state index contributed by atoms with van der Waals surface area (Å²) in [6.45, 7) is 3.28. The molecule has 0 heterocycles.